The Hall–Kier alpha value is -1.19. The van der Waals surface area contributed by atoms with Crippen LogP contribution >= 0.6 is 11.3 Å². The summed E-state index contributed by atoms with van der Waals surface area (Å²) in [6.07, 6.45) is 2.56. The summed E-state index contributed by atoms with van der Waals surface area (Å²) >= 11 is 1.65. The predicted octanol–water partition coefficient (Wildman–Crippen LogP) is 0.788. The number of hydrogen-bond acceptors (Lipinski definition) is 5. The van der Waals surface area contributed by atoms with Gasteiger partial charge in [0.05, 0.1) is 12.3 Å². The highest BCUT2D eigenvalue weighted by Gasteiger charge is 2.13. The molecule has 0 radical (unpaired) electrons. The van der Waals surface area contributed by atoms with Gasteiger partial charge >= 0.3 is 0 Å². The van der Waals surface area contributed by atoms with Crippen LogP contribution in [0.15, 0.2) is 11.2 Å². The summed E-state index contributed by atoms with van der Waals surface area (Å²) in [6.45, 7) is 5.44. The van der Waals surface area contributed by atoms with Crippen LogP contribution in [0.3, 0.4) is 0 Å². The van der Waals surface area contributed by atoms with Crippen LogP contribution in [0.1, 0.15) is 23.2 Å². The van der Waals surface area contributed by atoms with Gasteiger partial charge in [0.25, 0.3) is 0 Å². The van der Waals surface area contributed by atoms with Gasteiger partial charge in [-0.1, -0.05) is 0 Å². The van der Waals surface area contributed by atoms with E-state index in [-0.39, 0.29) is 5.75 Å². The van der Waals surface area contributed by atoms with Crippen LogP contribution in [0.5, 0.6) is 0 Å². The molecule has 0 bridgehead atoms. The second kappa shape index (κ2) is 9.06. The van der Waals surface area contributed by atoms with Crippen LogP contribution in [-0.4, -0.2) is 56.6 Å². The monoisotopic (exact) mass is 347 g/mol. The van der Waals surface area contributed by atoms with Crippen LogP contribution in [-0.2, 0) is 16.6 Å². The lowest BCUT2D eigenvalue weighted by molar-refractivity contribution is 0.461. The molecular weight excluding hydrogens is 322 g/mol. The molecule has 0 saturated heterocycles. The van der Waals surface area contributed by atoms with E-state index in [1.807, 2.05) is 13.1 Å². The number of aryl methyl sites for hydroxylation is 1. The zero-order valence-electron chi connectivity index (χ0n) is 13.6. The Balaban J connectivity index is 2.27. The molecule has 1 aromatic rings. The van der Waals surface area contributed by atoms with Crippen molar-refractivity contribution in [1.82, 2.24) is 19.9 Å². The number of nitrogens with one attached hydrogen (secondary N) is 2. The minimum atomic E-state index is -3.10. The first-order valence-corrected chi connectivity index (χ1v) is 9.61. The second-order valence-corrected chi connectivity index (χ2v) is 8.48. The van der Waals surface area contributed by atoms with Gasteiger partial charge in [0.2, 0.25) is 10.0 Å². The van der Waals surface area contributed by atoms with Crippen molar-refractivity contribution in [3.05, 3.63) is 16.1 Å². The number of aliphatic imine (C=N–C) groups is 1. The van der Waals surface area contributed by atoms with Crippen molar-refractivity contribution in [2.24, 2.45) is 4.99 Å². The van der Waals surface area contributed by atoms with E-state index < -0.39 is 10.0 Å². The molecule has 7 nitrogen and oxygen atoms in total. The summed E-state index contributed by atoms with van der Waals surface area (Å²) in [6, 6.07) is 0. The fourth-order valence-electron chi connectivity index (χ4n) is 1.73. The van der Waals surface area contributed by atoms with Crippen LogP contribution in [0, 0.1) is 6.92 Å². The number of aromatic nitrogens is 1. The minimum Gasteiger partial charge on any atom is -0.356 e. The molecule has 1 rings (SSSR count). The van der Waals surface area contributed by atoms with Crippen molar-refractivity contribution in [3.63, 3.8) is 0 Å². The molecule has 0 spiro atoms. The van der Waals surface area contributed by atoms with Gasteiger partial charge in [0.1, 0.15) is 5.01 Å². The summed E-state index contributed by atoms with van der Waals surface area (Å²) < 4.78 is 24.6. The number of hydrogen-bond donors (Lipinski definition) is 2. The summed E-state index contributed by atoms with van der Waals surface area (Å²) in [5, 5.41) is 7.36. The van der Waals surface area contributed by atoms with E-state index in [9.17, 15) is 8.42 Å². The van der Waals surface area contributed by atoms with Gasteiger partial charge in [-0.2, -0.15) is 0 Å². The Kier molecular flexibility index (Phi) is 7.77. The zero-order chi connectivity index (χ0) is 16.6. The van der Waals surface area contributed by atoms with E-state index in [4.69, 9.17) is 0 Å². The topological polar surface area (TPSA) is 86.7 Å². The second-order valence-electron chi connectivity index (χ2n) is 4.79. The highest BCUT2D eigenvalue weighted by atomic mass is 32.2. The molecule has 0 amide bonds. The molecule has 9 heteroatoms. The van der Waals surface area contributed by atoms with Crippen molar-refractivity contribution in [3.8, 4) is 0 Å². The SMILES string of the molecule is CCS(=O)(=O)N(C)CCCNC(=NC)NCc1ncc(C)s1. The van der Waals surface area contributed by atoms with E-state index in [0.29, 0.717) is 32.0 Å². The maximum absolute atomic E-state index is 11.6. The molecule has 126 valence electrons. The molecule has 1 aromatic heterocycles. The number of nitrogens with zero attached hydrogens (tertiary/aromatic N) is 3. The van der Waals surface area contributed by atoms with Crippen molar-refractivity contribution >= 4 is 27.3 Å². The van der Waals surface area contributed by atoms with Crippen molar-refractivity contribution in [1.29, 1.82) is 0 Å². The summed E-state index contributed by atoms with van der Waals surface area (Å²) in [5.41, 5.74) is 0. The molecule has 0 aliphatic heterocycles. The number of guanidine groups is 1. The van der Waals surface area contributed by atoms with Gasteiger partial charge in [0.15, 0.2) is 5.96 Å². The highest BCUT2D eigenvalue weighted by Crippen LogP contribution is 2.10. The quantitative estimate of drug-likeness (QED) is 0.412. The van der Waals surface area contributed by atoms with Crippen LogP contribution < -0.4 is 10.6 Å². The lowest BCUT2D eigenvalue weighted by Gasteiger charge is -2.16. The Morgan fingerprint density at radius 1 is 1.45 bits per heavy atom. The third-order valence-corrected chi connectivity index (χ3v) is 5.86. The van der Waals surface area contributed by atoms with Gasteiger partial charge in [-0.3, -0.25) is 4.99 Å². The molecule has 1 heterocycles. The van der Waals surface area contributed by atoms with Gasteiger partial charge in [-0.05, 0) is 20.3 Å². The summed E-state index contributed by atoms with van der Waals surface area (Å²) in [4.78, 5) is 9.59. The first-order valence-electron chi connectivity index (χ1n) is 7.19. The Morgan fingerprint density at radius 2 is 2.18 bits per heavy atom. The fraction of sp³-hybridized carbons (Fsp3) is 0.692. The predicted molar refractivity (Wildman–Crippen MR) is 91.8 cm³/mol. The van der Waals surface area contributed by atoms with Gasteiger partial charge in [0, 0.05) is 38.3 Å². The first-order chi connectivity index (χ1) is 10.4. The Labute approximate surface area is 136 Å². The van der Waals surface area contributed by atoms with Gasteiger partial charge in [-0.25, -0.2) is 17.7 Å². The number of thiazole rings is 1. The van der Waals surface area contributed by atoms with E-state index >= 15 is 0 Å². The lowest BCUT2D eigenvalue weighted by atomic mass is 10.4. The van der Waals surface area contributed by atoms with E-state index in [0.717, 1.165) is 5.01 Å². The standard InChI is InChI=1S/C13H25N5O2S2/c1-5-22(19,20)18(4)8-6-7-15-13(14-3)17-10-12-16-9-11(2)21-12/h9H,5-8,10H2,1-4H3,(H2,14,15,17). The van der Waals surface area contributed by atoms with E-state index in [2.05, 4.69) is 20.6 Å². The maximum atomic E-state index is 11.6. The van der Waals surface area contributed by atoms with Gasteiger partial charge in [-0.15, -0.1) is 11.3 Å². The summed E-state index contributed by atoms with van der Waals surface area (Å²) in [5.74, 6) is 0.821. The van der Waals surface area contributed by atoms with E-state index in [1.54, 1.807) is 32.4 Å². The molecule has 0 aliphatic rings. The van der Waals surface area contributed by atoms with Crippen LogP contribution in [0.4, 0.5) is 0 Å². The third kappa shape index (κ3) is 6.29. The molecule has 2 N–H and O–H groups in total. The van der Waals surface area contributed by atoms with Crippen LogP contribution in [0.2, 0.25) is 0 Å². The maximum Gasteiger partial charge on any atom is 0.213 e. The highest BCUT2D eigenvalue weighted by molar-refractivity contribution is 7.89. The van der Waals surface area contributed by atoms with Crippen molar-refractivity contribution < 1.29 is 8.42 Å². The lowest BCUT2D eigenvalue weighted by Crippen LogP contribution is -2.38. The molecule has 0 unspecified atom stereocenters. The zero-order valence-corrected chi connectivity index (χ0v) is 15.2. The fourth-order valence-corrected chi connectivity index (χ4v) is 3.31. The third-order valence-electron chi connectivity index (χ3n) is 3.08. The van der Waals surface area contributed by atoms with Crippen molar-refractivity contribution in [2.45, 2.75) is 26.8 Å². The van der Waals surface area contributed by atoms with Crippen molar-refractivity contribution in [2.75, 3.05) is 32.9 Å². The first kappa shape index (κ1) is 18.9. The van der Waals surface area contributed by atoms with Crippen LogP contribution in [0.25, 0.3) is 0 Å². The van der Waals surface area contributed by atoms with E-state index in [1.165, 1.54) is 9.18 Å². The Morgan fingerprint density at radius 3 is 2.73 bits per heavy atom. The average molecular weight is 348 g/mol. The average Bonchev–Trinajstić information content (AvgIpc) is 2.91. The summed E-state index contributed by atoms with van der Waals surface area (Å²) in [7, 11) is 0.217. The van der Waals surface area contributed by atoms with Gasteiger partial charge < -0.3 is 10.6 Å². The molecule has 0 atom stereocenters. The minimum absolute atomic E-state index is 0.132. The molecule has 0 saturated carbocycles. The Bertz CT molecular complexity index is 583. The number of rotatable bonds is 8. The largest absolute Gasteiger partial charge is 0.356 e. The molecule has 0 aromatic carbocycles. The normalized spacial score (nSPS) is 12.7. The molecule has 0 fully saturated rings. The number of sulfonamides is 1. The molecular formula is C13H25N5O2S2. The molecule has 22 heavy (non-hydrogen) atoms. The molecule has 0 aliphatic carbocycles. The smallest absolute Gasteiger partial charge is 0.213 e.